The summed E-state index contributed by atoms with van der Waals surface area (Å²) < 4.78 is 3.83. The van der Waals surface area contributed by atoms with E-state index < -0.39 is 0 Å². The number of amides is 2. The van der Waals surface area contributed by atoms with Crippen LogP contribution in [0.3, 0.4) is 0 Å². The van der Waals surface area contributed by atoms with Gasteiger partial charge < -0.3 is 10.2 Å². The van der Waals surface area contributed by atoms with Crippen LogP contribution in [0.5, 0.6) is 0 Å². The van der Waals surface area contributed by atoms with Crippen LogP contribution in [0.15, 0.2) is 17.5 Å². The van der Waals surface area contributed by atoms with Gasteiger partial charge in [0.15, 0.2) is 0 Å². The topological polar surface area (TPSA) is 75.2 Å². The highest BCUT2D eigenvalue weighted by atomic mass is 32.1. The van der Waals surface area contributed by atoms with Crippen molar-refractivity contribution < 1.29 is 9.59 Å². The Bertz CT molecular complexity index is 691. The maximum Gasteiger partial charge on any atom is 0.267 e. The maximum absolute atomic E-state index is 12.4. The number of likely N-dealkylation sites (tertiary alicyclic amines) is 1. The van der Waals surface area contributed by atoms with Gasteiger partial charge in [0.2, 0.25) is 5.91 Å². The lowest BCUT2D eigenvalue weighted by molar-refractivity contribution is -0.120. The molecule has 8 heteroatoms. The van der Waals surface area contributed by atoms with Crippen LogP contribution >= 0.6 is 22.9 Å². The molecule has 0 aromatic carbocycles. The van der Waals surface area contributed by atoms with E-state index in [-0.39, 0.29) is 11.8 Å². The van der Waals surface area contributed by atoms with Crippen molar-refractivity contribution in [1.29, 1.82) is 0 Å². The number of thiophene rings is 1. The molecule has 0 saturated carbocycles. The predicted molar refractivity (Wildman–Crippen MR) is 94.3 cm³/mol. The van der Waals surface area contributed by atoms with Crippen LogP contribution in [0.4, 0.5) is 0 Å². The molecule has 0 radical (unpaired) electrons. The zero-order chi connectivity index (χ0) is 16.9. The van der Waals surface area contributed by atoms with Gasteiger partial charge >= 0.3 is 0 Å². The average Bonchev–Trinajstić information content (AvgIpc) is 3.24. The first-order valence-electron chi connectivity index (χ1n) is 8.01. The third-order valence-corrected chi connectivity index (χ3v) is 5.94. The van der Waals surface area contributed by atoms with Gasteiger partial charge in [0.1, 0.15) is 4.88 Å². The molecule has 2 amide bonds. The molecule has 1 aliphatic heterocycles. The molecule has 1 saturated heterocycles. The van der Waals surface area contributed by atoms with Crippen molar-refractivity contribution in [3.8, 4) is 0 Å². The SMILES string of the molecule is Cc1nnsc1C(=O)N1CCC(CNC(=O)Cc2cccs2)CC1. The lowest BCUT2D eigenvalue weighted by Gasteiger charge is -2.31. The summed E-state index contributed by atoms with van der Waals surface area (Å²) in [6.07, 6.45) is 2.28. The summed E-state index contributed by atoms with van der Waals surface area (Å²) in [5.41, 5.74) is 0.702. The molecule has 1 fully saturated rings. The fourth-order valence-corrected chi connectivity index (χ4v) is 4.13. The Balaban J connectivity index is 1.41. The van der Waals surface area contributed by atoms with Crippen LogP contribution in [-0.2, 0) is 11.2 Å². The summed E-state index contributed by atoms with van der Waals surface area (Å²) in [6, 6.07) is 3.94. The fourth-order valence-electron chi connectivity index (χ4n) is 2.80. The third kappa shape index (κ3) is 4.18. The van der Waals surface area contributed by atoms with Gasteiger partial charge in [-0.15, -0.1) is 16.4 Å². The normalized spacial score (nSPS) is 15.5. The number of aryl methyl sites for hydroxylation is 1. The molecular formula is C16H20N4O2S2. The first-order chi connectivity index (χ1) is 11.6. The van der Waals surface area contributed by atoms with Gasteiger partial charge in [-0.3, -0.25) is 9.59 Å². The summed E-state index contributed by atoms with van der Waals surface area (Å²) in [5, 5.41) is 8.90. The Kier molecular flexibility index (Phi) is 5.57. The van der Waals surface area contributed by atoms with Crippen molar-refractivity contribution in [2.45, 2.75) is 26.2 Å². The van der Waals surface area contributed by atoms with E-state index in [0.717, 1.165) is 42.3 Å². The zero-order valence-corrected chi connectivity index (χ0v) is 15.2. The van der Waals surface area contributed by atoms with Gasteiger partial charge in [-0.2, -0.15) is 0 Å². The Morgan fingerprint density at radius 3 is 2.79 bits per heavy atom. The Labute approximate surface area is 149 Å². The molecule has 3 rings (SSSR count). The lowest BCUT2D eigenvalue weighted by atomic mass is 9.96. The number of piperidine rings is 1. The average molecular weight is 364 g/mol. The maximum atomic E-state index is 12.4. The van der Waals surface area contributed by atoms with Crippen molar-refractivity contribution in [3.63, 3.8) is 0 Å². The molecule has 0 spiro atoms. The second kappa shape index (κ2) is 7.85. The van der Waals surface area contributed by atoms with Crippen molar-refractivity contribution >= 4 is 34.7 Å². The molecule has 6 nitrogen and oxygen atoms in total. The van der Waals surface area contributed by atoms with Crippen LogP contribution in [0.1, 0.15) is 33.1 Å². The van der Waals surface area contributed by atoms with E-state index in [9.17, 15) is 9.59 Å². The highest BCUT2D eigenvalue weighted by molar-refractivity contribution is 7.10. The summed E-state index contributed by atoms with van der Waals surface area (Å²) in [4.78, 5) is 27.9. The largest absolute Gasteiger partial charge is 0.356 e. The summed E-state index contributed by atoms with van der Waals surface area (Å²) in [6.45, 7) is 3.95. The minimum Gasteiger partial charge on any atom is -0.356 e. The molecule has 3 heterocycles. The monoisotopic (exact) mass is 364 g/mol. The number of carbonyl (C=O) groups excluding carboxylic acids is 2. The zero-order valence-electron chi connectivity index (χ0n) is 13.5. The third-order valence-electron chi connectivity index (χ3n) is 4.25. The van der Waals surface area contributed by atoms with Crippen molar-refractivity contribution in [2.24, 2.45) is 5.92 Å². The van der Waals surface area contributed by atoms with Gasteiger partial charge in [-0.05, 0) is 48.7 Å². The smallest absolute Gasteiger partial charge is 0.267 e. The molecule has 128 valence electrons. The van der Waals surface area contributed by atoms with E-state index in [2.05, 4.69) is 14.9 Å². The van der Waals surface area contributed by atoms with E-state index in [0.29, 0.717) is 29.5 Å². The van der Waals surface area contributed by atoms with Crippen LogP contribution in [0.25, 0.3) is 0 Å². The van der Waals surface area contributed by atoms with Crippen LogP contribution < -0.4 is 5.32 Å². The standard InChI is InChI=1S/C16H20N4O2S2/c1-11-15(24-19-18-11)16(22)20-6-4-12(5-7-20)10-17-14(21)9-13-3-2-8-23-13/h2-3,8,12H,4-7,9-10H2,1H3,(H,17,21). The molecule has 0 bridgehead atoms. The fraction of sp³-hybridized carbons (Fsp3) is 0.500. The van der Waals surface area contributed by atoms with E-state index >= 15 is 0 Å². The van der Waals surface area contributed by atoms with Gasteiger partial charge in [0, 0.05) is 24.5 Å². The Morgan fingerprint density at radius 1 is 1.38 bits per heavy atom. The molecule has 2 aromatic rings. The number of hydrogen-bond donors (Lipinski definition) is 1. The first-order valence-corrected chi connectivity index (χ1v) is 9.66. The summed E-state index contributed by atoms with van der Waals surface area (Å²) in [7, 11) is 0. The van der Waals surface area contributed by atoms with E-state index in [1.165, 1.54) is 0 Å². The molecule has 1 N–H and O–H groups in total. The minimum atomic E-state index is 0.0303. The molecule has 0 aliphatic carbocycles. The second-order valence-corrected chi connectivity index (χ2v) is 7.77. The lowest BCUT2D eigenvalue weighted by Crippen LogP contribution is -2.41. The molecule has 0 unspecified atom stereocenters. The molecular weight excluding hydrogens is 344 g/mol. The molecule has 1 aliphatic rings. The highest BCUT2D eigenvalue weighted by Gasteiger charge is 2.26. The summed E-state index contributed by atoms with van der Waals surface area (Å²) in [5.74, 6) is 0.534. The first kappa shape index (κ1) is 17.0. The number of hydrogen-bond acceptors (Lipinski definition) is 6. The van der Waals surface area contributed by atoms with E-state index in [1.807, 2.05) is 29.3 Å². The van der Waals surface area contributed by atoms with E-state index in [1.54, 1.807) is 11.3 Å². The Morgan fingerprint density at radius 2 is 2.17 bits per heavy atom. The molecule has 2 aromatic heterocycles. The van der Waals surface area contributed by atoms with Crippen molar-refractivity contribution in [2.75, 3.05) is 19.6 Å². The number of carbonyl (C=O) groups is 2. The Hall–Kier alpha value is -1.80. The van der Waals surface area contributed by atoms with Crippen molar-refractivity contribution in [3.05, 3.63) is 33.0 Å². The van der Waals surface area contributed by atoms with Gasteiger partial charge in [-0.1, -0.05) is 10.6 Å². The number of nitrogens with zero attached hydrogens (tertiary/aromatic N) is 3. The highest BCUT2D eigenvalue weighted by Crippen LogP contribution is 2.20. The van der Waals surface area contributed by atoms with Crippen LogP contribution in [0.2, 0.25) is 0 Å². The summed E-state index contributed by atoms with van der Waals surface area (Å²) >= 11 is 2.76. The van der Waals surface area contributed by atoms with Gasteiger partial charge in [0.05, 0.1) is 12.1 Å². The number of rotatable bonds is 5. The van der Waals surface area contributed by atoms with Crippen LogP contribution in [0, 0.1) is 12.8 Å². The number of aromatic nitrogens is 2. The van der Waals surface area contributed by atoms with E-state index in [4.69, 9.17) is 0 Å². The van der Waals surface area contributed by atoms with Gasteiger partial charge in [0.25, 0.3) is 5.91 Å². The molecule has 0 atom stereocenters. The van der Waals surface area contributed by atoms with Crippen molar-refractivity contribution in [1.82, 2.24) is 19.8 Å². The van der Waals surface area contributed by atoms with Crippen LogP contribution in [-0.4, -0.2) is 45.9 Å². The second-order valence-electron chi connectivity index (χ2n) is 5.98. The quantitative estimate of drug-likeness (QED) is 0.882. The number of nitrogens with one attached hydrogen (secondary N) is 1. The predicted octanol–water partition coefficient (Wildman–Crippen LogP) is 2.12. The van der Waals surface area contributed by atoms with Gasteiger partial charge in [-0.25, -0.2) is 0 Å². The molecule has 24 heavy (non-hydrogen) atoms. The minimum absolute atomic E-state index is 0.0303.